The number of nitrogens with zero attached hydrogens (tertiary/aromatic N) is 1. The van der Waals surface area contributed by atoms with E-state index in [1.165, 1.54) is 12.8 Å². The van der Waals surface area contributed by atoms with E-state index in [4.69, 9.17) is 11.5 Å². The van der Waals surface area contributed by atoms with Crippen LogP contribution in [0.2, 0.25) is 0 Å². The second-order valence-corrected chi connectivity index (χ2v) is 4.75. The van der Waals surface area contributed by atoms with E-state index in [0.717, 1.165) is 12.8 Å². The molecule has 0 bridgehead atoms. The van der Waals surface area contributed by atoms with Crippen LogP contribution in [0.25, 0.3) is 0 Å². The number of amides is 1. The first-order valence-corrected chi connectivity index (χ1v) is 5.82. The van der Waals surface area contributed by atoms with Gasteiger partial charge in [-0.15, -0.1) is 0 Å². The van der Waals surface area contributed by atoms with Crippen molar-refractivity contribution < 1.29 is 4.79 Å². The Kier molecular flexibility index (Phi) is 4.54. The van der Waals surface area contributed by atoms with Crippen LogP contribution in [0.5, 0.6) is 0 Å². The van der Waals surface area contributed by atoms with Crippen molar-refractivity contribution in [1.82, 2.24) is 4.90 Å². The van der Waals surface area contributed by atoms with Crippen LogP contribution in [-0.4, -0.2) is 35.5 Å². The third-order valence-corrected chi connectivity index (χ3v) is 3.21. The second-order valence-electron chi connectivity index (χ2n) is 4.75. The maximum atomic E-state index is 11.0. The van der Waals surface area contributed by atoms with Crippen LogP contribution in [0.15, 0.2) is 0 Å². The van der Waals surface area contributed by atoms with Crippen LogP contribution in [0, 0.1) is 0 Å². The summed E-state index contributed by atoms with van der Waals surface area (Å²) in [7, 11) is 0. The fourth-order valence-corrected chi connectivity index (χ4v) is 2.41. The normalized spacial score (nSPS) is 27.3. The van der Waals surface area contributed by atoms with Gasteiger partial charge in [-0.2, -0.15) is 0 Å². The van der Waals surface area contributed by atoms with Crippen molar-refractivity contribution in [1.29, 1.82) is 0 Å². The Morgan fingerprint density at radius 1 is 1.40 bits per heavy atom. The number of carbonyl (C=O) groups excluding carboxylic acids is 1. The third kappa shape index (κ3) is 3.47. The SMILES string of the molecule is CC(C)N(CC(N)=O)C1CCCCC1N. The second kappa shape index (κ2) is 5.47. The zero-order chi connectivity index (χ0) is 11.4. The average molecular weight is 213 g/mol. The summed E-state index contributed by atoms with van der Waals surface area (Å²) in [6, 6.07) is 0.846. The summed E-state index contributed by atoms with van der Waals surface area (Å²) in [5.41, 5.74) is 11.4. The van der Waals surface area contributed by atoms with E-state index < -0.39 is 0 Å². The zero-order valence-corrected chi connectivity index (χ0v) is 9.78. The number of rotatable bonds is 4. The predicted molar refractivity (Wildman–Crippen MR) is 61.3 cm³/mol. The first-order chi connectivity index (χ1) is 7.02. The van der Waals surface area contributed by atoms with Crippen molar-refractivity contribution in [3.05, 3.63) is 0 Å². The molecule has 0 aliphatic heterocycles. The summed E-state index contributed by atoms with van der Waals surface area (Å²) < 4.78 is 0. The molecule has 2 unspecified atom stereocenters. The van der Waals surface area contributed by atoms with Gasteiger partial charge in [0.25, 0.3) is 0 Å². The molecule has 4 nitrogen and oxygen atoms in total. The van der Waals surface area contributed by atoms with Gasteiger partial charge in [0.1, 0.15) is 0 Å². The van der Waals surface area contributed by atoms with Crippen LogP contribution in [-0.2, 0) is 4.79 Å². The molecule has 0 saturated heterocycles. The summed E-state index contributed by atoms with van der Waals surface area (Å²) >= 11 is 0. The highest BCUT2D eigenvalue weighted by Crippen LogP contribution is 2.23. The van der Waals surface area contributed by atoms with Gasteiger partial charge < -0.3 is 11.5 Å². The Bertz CT molecular complexity index is 218. The van der Waals surface area contributed by atoms with Crippen molar-refractivity contribution in [3.8, 4) is 0 Å². The van der Waals surface area contributed by atoms with Gasteiger partial charge in [-0.25, -0.2) is 0 Å². The van der Waals surface area contributed by atoms with Crippen LogP contribution >= 0.6 is 0 Å². The van der Waals surface area contributed by atoms with Gasteiger partial charge in [0.2, 0.25) is 5.91 Å². The van der Waals surface area contributed by atoms with E-state index >= 15 is 0 Å². The molecule has 0 aromatic rings. The number of carbonyl (C=O) groups is 1. The fraction of sp³-hybridized carbons (Fsp3) is 0.909. The lowest BCUT2D eigenvalue weighted by Gasteiger charge is -2.40. The minimum Gasteiger partial charge on any atom is -0.369 e. The van der Waals surface area contributed by atoms with E-state index in [1.807, 2.05) is 0 Å². The Hall–Kier alpha value is -0.610. The molecule has 1 aliphatic rings. The highest BCUT2D eigenvalue weighted by atomic mass is 16.1. The molecule has 4 N–H and O–H groups in total. The van der Waals surface area contributed by atoms with E-state index in [-0.39, 0.29) is 11.9 Å². The number of nitrogens with two attached hydrogens (primary N) is 2. The molecule has 15 heavy (non-hydrogen) atoms. The smallest absolute Gasteiger partial charge is 0.231 e. The van der Waals surface area contributed by atoms with Crippen LogP contribution < -0.4 is 11.5 Å². The first kappa shape index (κ1) is 12.5. The third-order valence-electron chi connectivity index (χ3n) is 3.21. The minimum atomic E-state index is -0.263. The summed E-state index contributed by atoms with van der Waals surface area (Å²) in [6.07, 6.45) is 4.57. The molecule has 1 fully saturated rings. The van der Waals surface area contributed by atoms with Crippen molar-refractivity contribution in [3.63, 3.8) is 0 Å². The molecule has 0 spiro atoms. The lowest BCUT2D eigenvalue weighted by molar-refractivity contribution is -0.120. The van der Waals surface area contributed by atoms with Gasteiger partial charge >= 0.3 is 0 Å². The van der Waals surface area contributed by atoms with Crippen molar-refractivity contribution >= 4 is 5.91 Å². The van der Waals surface area contributed by atoms with Crippen LogP contribution in [0.3, 0.4) is 0 Å². The topological polar surface area (TPSA) is 72.3 Å². The molecule has 1 rings (SSSR count). The van der Waals surface area contributed by atoms with Gasteiger partial charge in [0.05, 0.1) is 6.54 Å². The summed E-state index contributed by atoms with van der Waals surface area (Å²) in [5.74, 6) is -0.263. The van der Waals surface area contributed by atoms with Crippen molar-refractivity contribution in [2.24, 2.45) is 11.5 Å². The molecule has 88 valence electrons. The highest BCUT2D eigenvalue weighted by Gasteiger charge is 2.29. The highest BCUT2D eigenvalue weighted by molar-refractivity contribution is 5.76. The van der Waals surface area contributed by atoms with Gasteiger partial charge in [-0.1, -0.05) is 12.8 Å². The average Bonchev–Trinajstić information content (AvgIpc) is 2.15. The van der Waals surface area contributed by atoms with Gasteiger partial charge in [-0.3, -0.25) is 9.69 Å². The summed E-state index contributed by atoms with van der Waals surface area (Å²) in [6.45, 7) is 4.50. The maximum Gasteiger partial charge on any atom is 0.231 e. The van der Waals surface area contributed by atoms with Crippen molar-refractivity contribution in [2.45, 2.75) is 57.7 Å². The van der Waals surface area contributed by atoms with E-state index in [1.54, 1.807) is 0 Å². The Labute approximate surface area is 92.0 Å². The summed E-state index contributed by atoms with van der Waals surface area (Å²) in [5, 5.41) is 0. The Balaban J connectivity index is 2.64. The molecular weight excluding hydrogens is 190 g/mol. The largest absolute Gasteiger partial charge is 0.369 e. The number of primary amides is 1. The molecule has 1 amide bonds. The molecule has 1 aliphatic carbocycles. The lowest BCUT2D eigenvalue weighted by Crippen LogP contribution is -2.54. The molecular formula is C11H23N3O. The maximum absolute atomic E-state index is 11.0. The molecule has 4 heteroatoms. The quantitative estimate of drug-likeness (QED) is 0.712. The first-order valence-electron chi connectivity index (χ1n) is 5.82. The molecule has 0 radical (unpaired) electrons. The molecule has 2 atom stereocenters. The monoisotopic (exact) mass is 213 g/mol. The van der Waals surface area contributed by atoms with Crippen LogP contribution in [0.4, 0.5) is 0 Å². The molecule has 0 aromatic carbocycles. The van der Waals surface area contributed by atoms with E-state index in [9.17, 15) is 4.79 Å². The van der Waals surface area contributed by atoms with Gasteiger partial charge in [0.15, 0.2) is 0 Å². The number of hydrogen-bond acceptors (Lipinski definition) is 3. The minimum absolute atomic E-state index is 0.195. The van der Waals surface area contributed by atoms with Gasteiger partial charge in [0, 0.05) is 18.1 Å². The van der Waals surface area contributed by atoms with E-state index in [2.05, 4.69) is 18.7 Å². The van der Waals surface area contributed by atoms with Crippen molar-refractivity contribution in [2.75, 3.05) is 6.54 Å². The van der Waals surface area contributed by atoms with E-state index in [0.29, 0.717) is 18.6 Å². The fourth-order valence-electron chi connectivity index (χ4n) is 2.41. The van der Waals surface area contributed by atoms with Gasteiger partial charge in [-0.05, 0) is 26.7 Å². The van der Waals surface area contributed by atoms with Crippen LogP contribution in [0.1, 0.15) is 39.5 Å². The lowest BCUT2D eigenvalue weighted by atomic mass is 9.89. The summed E-state index contributed by atoms with van der Waals surface area (Å²) in [4.78, 5) is 13.1. The molecule has 0 aromatic heterocycles. The Morgan fingerprint density at radius 2 is 2.00 bits per heavy atom. The zero-order valence-electron chi connectivity index (χ0n) is 9.78. The molecule has 0 heterocycles. The Morgan fingerprint density at radius 3 is 2.47 bits per heavy atom. The standard InChI is InChI=1S/C11H23N3O/c1-8(2)14(7-11(13)15)10-6-4-3-5-9(10)12/h8-10H,3-7,12H2,1-2H3,(H2,13,15). The molecule has 1 saturated carbocycles. The number of hydrogen-bond donors (Lipinski definition) is 2. The predicted octanol–water partition coefficient (Wildman–Crippen LogP) is 0.452.